The van der Waals surface area contributed by atoms with Gasteiger partial charge >= 0.3 is 0 Å². The van der Waals surface area contributed by atoms with Gasteiger partial charge in [-0.05, 0) is 41.2 Å². The summed E-state index contributed by atoms with van der Waals surface area (Å²) in [4.78, 5) is 12.7. The Bertz CT molecular complexity index is 662. The number of benzene rings is 2. The zero-order valence-electron chi connectivity index (χ0n) is 15.0. The summed E-state index contributed by atoms with van der Waals surface area (Å²) in [7, 11) is 1.65. The molecule has 1 amide bonds. The van der Waals surface area contributed by atoms with Crippen molar-refractivity contribution in [3.8, 4) is 0 Å². The first-order chi connectivity index (χ1) is 11.5. The van der Waals surface area contributed by atoms with Crippen molar-refractivity contribution < 1.29 is 9.53 Å². The maximum atomic E-state index is 12.7. The molecule has 0 saturated heterocycles. The van der Waals surface area contributed by atoms with E-state index in [9.17, 15) is 4.79 Å². The summed E-state index contributed by atoms with van der Waals surface area (Å²) in [5.41, 5.74) is 4.11. The Morgan fingerprint density at radius 1 is 1.08 bits per heavy atom. The average molecular weight is 325 g/mol. The molecule has 128 valence electrons. The highest BCUT2D eigenvalue weighted by Crippen LogP contribution is 2.23. The summed E-state index contributed by atoms with van der Waals surface area (Å²) in [5.74, 6) is 0.259. The lowest BCUT2D eigenvalue weighted by Crippen LogP contribution is -2.31. The monoisotopic (exact) mass is 325 g/mol. The van der Waals surface area contributed by atoms with E-state index in [1.165, 1.54) is 5.56 Å². The highest BCUT2D eigenvalue weighted by Gasteiger charge is 2.19. The van der Waals surface area contributed by atoms with Crippen molar-refractivity contribution in [2.24, 2.45) is 5.92 Å². The molecule has 0 fully saturated rings. The summed E-state index contributed by atoms with van der Waals surface area (Å²) in [6.45, 7) is 6.90. The number of carbonyl (C=O) groups is 1. The van der Waals surface area contributed by atoms with E-state index in [2.05, 4.69) is 50.4 Å². The SMILES string of the molecule is CCc1ccc(C(NC(=O)c2cccc(COC)c2)C(C)C)cc1. The molecule has 1 N–H and O–H groups in total. The summed E-state index contributed by atoms with van der Waals surface area (Å²) in [6, 6.07) is 16.1. The molecule has 1 unspecified atom stereocenters. The Morgan fingerprint density at radius 2 is 1.79 bits per heavy atom. The van der Waals surface area contributed by atoms with Crippen LogP contribution >= 0.6 is 0 Å². The van der Waals surface area contributed by atoms with E-state index in [0.29, 0.717) is 18.1 Å². The Morgan fingerprint density at radius 3 is 2.38 bits per heavy atom. The van der Waals surface area contributed by atoms with Crippen LogP contribution in [0.4, 0.5) is 0 Å². The fourth-order valence-electron chi connectivity index (χ4n) is 2.79. The third-order valence-corrected chi connectivity index (χ3v) is 4.20. The zero-order valence-corrected chi connectivity index (χ0v) is 15.0. The second-order valence-corrected chi connectivity index (χ2v) is 6.42. The highest BCUT2D eigenvalue weighted by molar-refractivity contribution is 5.94. The fraction of sp³-hybridized carbons (Fsp3) is 0.381. The molecular weight excluding hydrogens is 298 g/mol. The van der Waals surface area contributed by atoms with Crippen molar-refractivity contribution in [3.05, 3.63) is 70.8 Å². The van der Waals surface area contributed by atoms with Gasteiger partial charge in [0.05, 0.1) is 12.6 Å². The van der Waals surface area contributed by atoms with Crippen LogP contribution in [0.2, 0.25) is 0 Å². The number of nitrogens with one attached hydrogen (secondary N) is 1. The molecule has 0 aliphatic carbocycles. The van der Waals surface area contributed by atoms with Gasteiger partial charge in [0.1, 0.15) is 0 Å². The van der Waals surface area contributed by atoms with E-state index < -0.39 is 0 Å². The van der Waals surface area contributed by atoms with E-state index >= 15 is 0 Å². The van der Waals surface area contributed by atoms with Crippen LogP contribution in [0.1, 0.15) is 53.9 Å². The molecule has 0 radical (unpaired) electrons. The Labute approximate surface area is 145 Å². The third-order valence-electron chi connectivity index (χ3n) is 4.20. The standard InChI is InChI=1S/C21H27NO2/c1-5-16-9-11-18(12-10-16)20(15(2)3)22-21(23)19-8-6-7-17(13-19)14-24-4/h6-13,15,20H,5,14H2,1-4H3,(H,22,23). The molecule has 1 atom stereocenters. The van der Waals surface area contributed by atoms with Gasteiger partial charge in [0.15, 0.2) is 0 Å². The number of amides is 1. The maximum Gasteiger partial charge on any atom is 0.251 e. The molecule has 0 heterocycles. The fourth-order valence-corrected chi connectivity index (χ4v) is 2.79. The quantitative estimate of drug-likeness (QED) is 0.812. The van der Waals surface area contributed by atoms with E-state index in [0.717, 1.165) is 17.5 Å². The first kappa shape index (κ1) is 18.2. The van der Waals surface area contributed by atoms with Crippen LogP contribution in [0.3, 0.4) is 0 Å². The number of aryl methyl sites for hydroxylation is 1. The molecule has 24 heavy (non-hydrogen) atoms. The molecule has 2 aromatic carbocycles. The number of hydrogen-bond donors (Lipinski definition) is 1. The Hall–Kier alpha value is -2.13. The van der Waals surface area contributed by atoms with Gasteiger partial charge in [-0.2, -0.15) is 0 Å². The average Bonchev–Trinajstić information content (AvgIpc) is 2.60. The number of ether oxygens (including phenoxy) is 1. The van der Waals surface area contributed by atoms with Gasteiger partial charge in [-0.1, -0.05) is 57.2 Å². The highest BCUT2D eigenvalue weighted by atomic mass is 16.5. The van der Waals surface area contributed by atoms with Gasteiger partial charge in [-0.3, -0.25) is 4.79 Å². The van der Waals surface area contributed by atoms with Crippen molar-refractivity contribution in [3.63, 3.8) is 0 Å². The van der Waals surface area contributed by atoms with Crippen LogP contribution in [0.5, 0.6) is 0 Å². The van der Waals surface area contributed by atoms with Crippen molar-refractivity contribution in [1.82, 2.24) is 5.32 Å². The summed E-state index contributed by atoms with van der Waals surface area (Å²) in [5, 5.41) is 3.18. The predicted molar refractivity (Wildman–Crippen MR) is 98.0 cm³/mol. The number of rotatable bonds is 7. The Balaban J connectivity index is 2.17. The molecule has 0 saturated carbocycles. The van der Waals surface area contributed by atoms with Crippen LogP contribution < -0.4 is 5.32 Å². The second kappa shape index (κ2) is 8.65. The van der Waals surface area contributed by atoms with Crippen LogP contribution in [-0.2, 0) is 17.8 Å². The molecule has 2 rings (SSSR count). The molecule has 0 spiro atoms. The van der Waals surface area contributed by atoms with Crippen LogP contribution in [0, 0.1) is 5.92 Å². The molecule has 3 nitrogen and oxygen atoms in total. The van der Waals surface area contributed by atoms with E-state index in [1.54, 1.807) is 7.11 Å². The first-order valence-corrected chi connectivity index (χ1v) is 8.52. The lowest BCUT2D eigenvalue weighted by atomic mass is 9.94. The van der Waals surface area contributed by atoms with Crippen LogP contribution in [-0.4, -0.2) is 13.0 Å². The topological polar surface area (TPSA) is 38.3 Å². The largest absolute Gasteiger partial charge is 0.380 e. The molecule has 0 aliphatic rings. The smallest absolute Gasteiger partial charge is 0.251 e. The van der Waals surface area contributed by atoms with Gasteiger partial charge in [-0.25, -0.2) is 0 Å². The van der Waals surface area contributed by atoms with Gasteiger partial charge < -0.3 is 10.1 Å². The van der Waals surface area contributed by atoms with Crippen molar-refractivity contribution >= 4 is 5.91 Å². The molecule has 0 aliphatic heterocycles. The lowest BCUT2D eigenvalue weighted by Gasteiger charge is -2.23. The van der Waals surface area contributed by atoms with Crippen LogP contribution in [0.25, 0.3) is 0 Å². The van der Waals surface area contributed by atoms with Gasteiger partial charge in [0, 0.05) is 12.7 Å². The summed E-state index contributed by atoms with van der Waals surface area (Å²) < 4.78 is 5.14. The van der Waals surface area contributed by atoms with Gasteiger partial charge in [0.2, 0.25) is 0 Å². The number of methoxy groups -OCH3 is 1. The summed E-state index contributed by atoms with van der Waals surface area (Å²) in [6.07, 6.45) is 1.02. The van der Waals surface area contributed by atoms with Crippen LogP contribution in [0.15, 0.2) is 48.5 Å². The van der Waals surface area contributed by atoms with E-state index in [1.807, 2.05) is 24.3 Å². The zero-order chi connectivity index (χ0) is 17.5. The molecule has 2 aromatic rings. The lowest BCUT2D eigenvalue weighted by molar-refractivity contribution is 0.0925. The second-order valence-electron chi connectivity index (χ2n) is 6.42. The van der Waals surface area contributed by atoms with E-state index in [-0.39, 0.29) is 11.9 Å². The minimum absolute atomic E-state index is 0.00510. The van der Waals surface area contributed by atoms with Crippen molar-refractivity contribution in [2.45, 2.75) is 39.8 Å². The van der Waals surface area contributed by atoms with Crippen molar-refractivity contribution in [1.29, 1.82) is 0 Å². The van der Waals surface area contributed by atoms with Gasteiger partial charge in [0.25, 0.3) is 5.91 Å². The number of hydrogen-bond acceptors (Lipinski definition) is 2. The summed E-state index contributed by atoms with van der Waals surface area (Å²) >= 11 is 0. The minimum atomic E-state index is -0.0498. The maximum absolute atomic E-state index is 12.7. The van der Waals surface area contributed by atoms with Crippen molar-refractivity contribution in [2.75, 3.05) is 7.11 Å². The first-order valence-electron chi connectivity index (χ1n) is 8.52. The molecular formula is C21H27NO2. The normalized spacial score (nSPS) is 12.2. The molecule has 0 aromatic heterocycles. The minimum Gasteiger partial charge on any atom is -0.380 e. The molecule has 3 heteroatoms. The van der Waals surface area contributed by atoms with Gasteiger partial charge in [-0.15, -0.1) is 0 Å². The Kier molecular flexibility index (Phi) is 6.56. The predicted octanol–water partition coefficient (Wildman–Crippen LogP) is 4.52. The number of carbonyl (C=O) groups excluding carboxylic acids is 1. The third kappa shape index (κ3) is 4.68. The van der Waals surface area contributed by atoms with E-state index in [4.69, 9.17) is 4.74 Å². The molecule has 0 bridgehead atoms.